The van der Waals surface area contributed by atoms with Crippen LogP contribution in [0, 0.1) is 18.3 Å². The van der Waals surface area contributed by atoms with Crippen molar-refractivity contribution in [1.29, 1.82) is 5.26 Å². The van der Waals surface area contributed by atoms with Crippen molar-refractivity contribution in [3.05, 3.63) is 46.1 Å². The van der Waals surface area contributed by atoms with E-state index in [1.165, 1.54) is 0 Å². The highest BCUT2D eigenvalue weighted by Crippen LogP contribution is 2.30. The standard InChI is InChI=1S/C13H10BrN3/c1-8-2-3-9(14)6-11(8)10-4-5-17-13(16)12(10)7-15/h2-6H,1H3,(H2,16,17). The van der Waals surface area contributed by atoms with Gasteiger partial charge in [-0.1, -0.05) is 22.0 Å². The zero-order valence-corrected chi connectivity index (χ0v) is 10.8. The van der Waals surface area contributed by atoms with Crippen LogP contribution in [0.1, 0.15) is 11.1 Å². The van der Waals surface area contributed by atoms with Gasteiger partial charge in [0, 0.05) is 16.2 Å². The number of aryl methyl sites for hydroxylation is 1. The molecule has 0 unspecified atom stereocenters. The maximum atomic E-state index is 9.14. The molecule has 17 heavy (non-hydrogen) atoms. The number of nitrogens with two attached hydrogens (primary N) is 1. The first-order valence-electron chi connectivity index (χ1n) is 5.04. The minimum Gasteiger partial charge on any atom is -0.383 e. The van der Waals surface area contributed by atoms with Gasteiger partial charge in [-0.25, -0.2) is 4.98 Å². The lowest BCUT2D eigenvalue weighted by Gasteiger charge is -2.09. The molecule has 0 amide bonds. The molecule has 0 aliphatic rings. The van der Waals surface area contributed by atoms with E-state index in [2.05, 4.69) is 27.0 Å². The van der Waals surface area contributed by atoms with Crippen molar-refractivity contribution in [2.75, 3.05) is 5.73 Å². The number of nitrogens with zero attached hydrogens (tertiary/aromatic N) is 2. The Morgan fingerprint density at radius 2 is 2.06 bits per heavy atom. The van der Waals surface area contributed by atoms with Crippen LogP contribution in [0.25, 0.3) is 11.1 Å². The van der Waals surface area contributed by atoms with E-state index in [0.29, 0.717) is 5.56 Å². The molecular weight excluding hydrogens is 278 g/mol. The maximum absolute atomic E-state index is 9.14. The third-order valence-corrected chi connectivity index (χ3v) is 3.08. The van der Waals surface area contributed by atoms with Crippen molar-refractivity contribution in [3.63, 3.8) is 0 Å². The fourth-order valence-corrected chi connectivity index (χ4v) is 2.07. The first-order valence-corrected chi connectivity index (χ1v) is 5.84. The molecule has 0 radical (unpaired) electrons. The Balaban J connectivity index is 2.73. The molecule has 1 aromatic carbocycles. The summed E-state index contributed by atoms with van der Waals surface area (Å²) in [5.74, 6) is 0.268. The zero-order valence-electron chi connectivity index (χ0n) is 9.24. The van der Waals surface area contributed by atoms with E-state index < -0.39 is 0 Å². The predicted octanol–water partition coefficient (Wildman–Crippen LogP) is 3.27. The van der Waals surface area contributed by atoms with Crippen molar-refractivity contribution < 1.29 is 0 Å². The maximum Gasteiger partial charge on any atom is 0.141 e. The Kier molecular flexibility index (Phi) is 3.12. The van der Waals surface area contributed by atoms with Crippen LogP contribution in [0.15, 0.2) is 34.9 Å². The van der Waals surface area contributed by atoms with Crippen molar-refractivity contribution in [2.45, 2.75) is 6.92 Å². The van der Waals surface area contributed by atoms with E-state index in [1.54, 1.807) is 6.20 Å². The minimum absolute atomic E-state index is 0.268. The Morgan fingerprint density at radius 1 is 1.29 bits per heavy atom. The van der Waals surface area contributed by atoms with Crippen LogP contribution in [0.3, 0.4) is 0 Å². The molecule has 0 aliphatic heterocycles. The van der Waals surface area contributed by atoms with Crippen LogP contribution in [0.5, 0.6) is 0 Å². The monoisotopic (exact) mass is 287 g/mol. The average molecular weight is 288 g/mol. The molecule has 0 bridgehead atoms. The van der Waals surface area contributed by atoms with Crippen molar-refractivity contribution >= 4 is 21.7 Å². The number of anilines is 1. The van der Waals surface area contributed by atoms with E-state index in [0.717, 1.165) is 21.2 Å². The molecule has 0 spiro atoms. The third-order valence-electron chi connectivity index (χ3n) is 2.58. The number of pyridine rings is 1. The van der Waals surface area contributed by atoms with Crippen LogP contribution >= 0.6 is 15.9 Å². The Morgan fingerprint density at radius 3 is 2.76 bits per heavy atom. The highest BCUT2D eigenvalue weighted by molar-refractivity contribution is 9.10. The number of hydrogen-bond acceptors (Lipinski definition) is 3. The lowest BCUT2D eigenvalue weighted by Crippen LogP contribution is -1.97. The summed E-state index contributed by atoms with van der Waals surface area (Å²) in [7, 11) is 0. The molecule has 1 aromatic heterocycles. The Labute approximate surface area is 108 Å². The van der Waals surface area contributed by atoms with Gasteiger partial charge in [0.25, 0.3) is 0 Å². The molecule has 0 saturated carbocycles. The molecule has 84 valence electrons. The van der Waals surface area contributed by atoms with E-state index in [4.69, 9.17) is 11.0 Å². The van der Waals surface area contributed by atoms with Gasteiger partial charge in [0.1, 0.15) is 17.5 Å². The molecule has 3 nitrogen and oxygen atoms in total. The topological polar surface area (TPSA) is 62.7 Å². The highest BCUT2D eigenvalue weighted by Gasteiger charge is 2.11. The van der Waals surface area contributed by atoms with Crippen LogP contribution in [-0.2, 0) is 0 Å². The quantitative estimate of drug-likeness (QED) is 0.876. The SMILES string of the molecule is Cc1ccc(Br)cc1-c1ccnc(N)c1C#N. The van der Waals surface area contributed by atoms with Gasteiger partial charge >= 0.3 is 0 Å². The van der Waals surface area contributed by atoms with Crippen molar-refractivity contribution in [2.24, 2.45) is 0 Å². The van der Waals surface area contributed by atoms with E-state index >= 15 is 0 Å². The summed E-state index contributed by atoms with van der Waals surface area (Å²) in [6.07, 6.45) is 1.62. The van der Waals surface area contributed by atoms with Crippen LogP contribution in [0.2, 0.25) is 0 Å². The molecule has 2 aromatic rings. The van der Waals surface area contributed by atoms with Crippen molar-refractivity contribution in [3.8, 4) is 17.2 Å². The average Bonchev–Trinajstić information content (AvgIpc) is 2.32. The summed E-state index contributed by atoms with van der Waals surface area (Å²) in [4.78, 5) is 3.93. The molecule has 1 heterocycles. The number of hydrogen-bond donors (Lipinski definition) is 1. The predicted molar refractivity (Wildman–Crippen MR) is 71.2 cm³/mol. The summed E-state index contributed by atoms with van der Waals surface area (Å²) in [6.45, 7) is 2.00. The van der Waals surface area contributed by atoms with E-state index in [1.807, 2.05) is 31.2 Å². The van der Waals surface area contributed by atoms with Gasteiger partial charge in [0.2, 0.25) is 0 Å². The highest BCUT2D eigenvalue weighted by atomic mass is 79.9. The number of benzene rings is 1. The molecule has 0 saturated heterocycles. The summed E-state index contributed by atoms with van der Waals surface area (Å²) in [5, 5.41) is 9.14. The van der Waals surface area contributed by atoms with E-state index in [-0.39, 0.29) is 5.82 Å². The fourth-order valence-electron chi connectivity index (χ4n) is 1.70. The fraction of sp³-hybridized carbons (Fsp3) is 0.0769. The second-order valence-electron chi connectivity index (χ2n) is 3.69. The third kappa shape index (κ3) is 2.15. The smallest absolute Gasteiger partial charge is 0.141 e. The lowest BCUT2D eigenvalue weighted by atomic mass is 9.97. The Bertz CT molecular complexity index is 615. The second-order valence-corrected chi connectivity index (χ2v) is 4.61. The molecule has 0 atom stereocenters. The summed E-state index contributed by atoms with van der Waals surface area (Å²) >= 11 is 3.43. The van der Waals surface area contributed by atoms with Gasteiger partial charge in [-0.05, 0) is 36.2 Å². The molecule has 4 heteroatoms. The minimum atomic E-state index is 0.268. The summed E-state index contributed by atoms with van der Waals surface area (Å²) in [6, 6.07) is 9.86. The lowest BCUT2D eigenvalue weighted by molar-refractivity contribution is 1.30. The van der Waals surface area contributed by atoms with Gasteiger partial charge < -0.3 is 5.73 Å². The van der Waals surface area contributed by atoms with Gasteiger partial charge in [-0.15, -0.1) is 0 Å². The first kappa shape index (κ1) is 11.6. The summed E-state index contributed by atoms with van der Waals surface area (Å²) < 4.78 is 0.970. The van der Waals surface area contributed by atoms with Gasteiger partial charge in [0.05, 0.1) is 0 Å². The largest absolute Gasteiger partial charge is 0.383 e. The Hall–Kier alpha value is -1.86. The van der Waals surface area contributed by atoms with Crippen LogP contribution < -0.4 is 5.73 Å². The second kappa shape index (κ2) is 4.56. The molecule has 0 fully saturated rings. The summed E-state index contributed by atoms with van der Waals surface area (Å²) in [5.41, 5.74) is 9.04. The number of rotatable bonds is 1. The number of halogens is 1. The first-order chi connectivity index (χ1) is 8.13. The van der Waals surface area contributed by atoms with E-state index in [9.17, 15) is 0 Å². The molecule has 2 rings (SSSR count). The molecule has 2 N–H and O–H groups in total. The number of aromatic nitrogens is 1. The van der Waals surface area contributed by atoms with Crippen LogP contribution in [0.4, 0.5) is 5.82 Å². The van der Waals surface area contributed by atoms with Crippen LogP contribution in [-0.4, -0.2) is 4.98 Å². The van der Waals surface area contributed by atoms with Gasteiger partial charge in [-0.3, -0.25) is 0 Å². The van der Waals surface area contributed by atoms with Gasteiger partial charge in [-0.2, -0.15) is 5.26 Å². The van der Waals surface area contributed by atoms with Gasteiger partial charge in [0.15, 0.2) is 0 Å². The number of nitrogen functional groups attached to an aromatic ring is 1. The molecule has 0 aliphatic carbocycles. The normalized spacial score (nSPS) is 9.94. The zero-order chi connectivity index (χ0) is 12.4. The molecular formula is C13H10BrN3. The van der Waals surface area contributed by atoms with Crippen molar-refractivity contribution in [1.82, 2.24) is 4.98 Å². The number of nitriles is 1.